The van der Waals surface area contributed by atoms with Gasteiger partial charge >= 0.3 is 0 Å². The molecule has 1 amide bonds. The highest BCUT2D eigenvalue weighted by Gasteiger charge is 2.31. The van der Waals surface area contributed by atoms with Crippen LogP contribution < -0.4 is 0 Å². The van der Waals surface area contributed by atoms with Crippen molar-refractivity contribution in [3.05, 3.63) is 35.9 Å². The Labute approximate surface area is 127 Å². The molecule has 0 aromatic heterocycles. The average Bonchev–Trinajstić information content (AvgIpc) is 2.53. The van der Waals surface area contributed by atoms with E-state index >= 15 is 0 Å². The fourth-order valence-electron chi connectivity index (χ4n) is 3.32. The van der Waals surface area contributed by atoms with Crippen molar-refractivity contribution in [2.24, 2.45) is 11.8 Å². The third-order valence-electron chi connectivity index (χ3n) is 4.65. The van der Waals surface area contributed by atoms with E-state index in [1.165, 1.54) is 19.3 Å². The van der Waals surface area contributed by atoms with E-state index in [0.29, 0.717) is 12.3 Å². The monoisotopic (exact) mass is 284 g/mol. The maximum atomic E-state index is 12.6. The number of hydrogen-bond acceptors (Lipinski definition) is 2. The van der Waals surface area contributed by atoms with E-state index < -0.39 is 5.92 Å². The van der Waals surface area contributed by atoms with Gasteiger partial charge in [0.15, 0.2) is 0 Å². The molecule has 0 aliphatic heterocycles. The maximum Gasteiger partial charge on any atom is 0.240 e. The number of hydrogen-bond donors (Lipinski definition) is 0. The second-order valence-corrected chi connectivity index (χ2v) is 6.15. The van der Waals surface area contributed by atoms with Gasteiger partial charge < -0.3 is 4.90 Å². The van der Waals surface area contributed by atoms with Crippen molar-refractivity contribution in [2.45, 2.75) is 45.1 Å². The number of rotatable bonds is 4. The molecule has 1 aromatic carbocycles. The van der Waals surface area contributed by atoms with Gasteiger partial charge in [-0.3, -0.25) is 4.79 Å². The normalized spacial score (nSPS) is 23.1. The van der Waals surface area contributed by atoms with E-state index in [4.69, 9.17) is 0 Å². The third-order valence-corrected chi connectivity index (χ3v) is 4.65. The van der Waals surface area contributed by atoms with Crippen LogP contribution in [0.3, 0.4) is 0 Å². The summed E-state index contributed by atoms with van der Waals surface area (Å²) in [7, 11) is 1.87. The van der Waals surface area contributed by atoms with E-state index in [0.717, 1.165) is 12.0 Å². The fourth-order valence-corrected chi connectivity index (χ4v) is 3.32. The first-order chi connectivity index (χ1) is 10.1. The Bertz CT molecular complexity index is 506. The smallest absolute Gasteiger partial charge is 0.240 e. The highest BCUT2D eigenvalue weighted by atomic mass is 16.2. The van der Waals surface area contributed by atoms with Gasteiger partial charge in [-0.05, 0) is 30.7 Å². The molecule has 0 N–H and O–H groups in total. The SMILES string of the molecule is CC1CCCCC1N(C)C(=O)C(C#N)Cc1ccccc1. The van der Waals surface area contributed by atoms with Crippen LogP contribution >= 0.6 is 0 Å². The van der Waals surface area contributed by atoms with Crippen LogP contribution in [0.15, 0.2) is 30.3 Å². The Morgan fingerprint density at radius 3 is 2.62 bits per heavy atom. The minimum absolute atomic E-state index is 0.0277. The predicted molar refractivity (Wildman–Crippen MR) is 83.4 cm³/mol. The summed E-state index contributed by atoms with van der Waals surface area (Å²) in [6.07, 6.45) is 5.18. The van der Waals surface area contributed by atoms with E-state index in [9.17, 15) is 10.1 Å². The number of nitriles is 1. The molecule has 0 radical (unpaired) electrons. The lowest BCUT2D eigenvalue weighted by Crippen LogP contribution is -2.45. The van der Waals surface area contributed by atoms with Crippen molar-refractivity contribution >= 4 is 5.91 Å². The van der Waals surface area contributed by atoms with Crippen LogP contribution in [0.1, 0.15) is 38.2 Å². The van der Waals surface area contributed by atoms with Gasteiger partial charge in [-0.1, -0.05) is 50.1 Å². The summed E-state index contributed by atoms with van der Waals surface area (Å²) in [5.74, 6) is -0.0737. The molecule has 0 bridgehead atoms. The average molecular weight is 284 g/mol. The van der Waals surface area contributed by atoms with Crippen LogP contribution in [0.2, 0.25) is 0 Å². The highest BCUT2D eigenvalue weighted by Crippen LogP contribution is 2.28. The first kappa shape index (κ1) is 15.6. The van der Waals surface area contributed by atoms with Crippen LogP contribution in [0.25, 0.3) is 0 Å². The molecule has 0 spiro atoms. The zero-order valence-corrected chi connectivity index (χ0v) is 13.0. The van der Waals surface area contributed by atoms with Gasteiger partial charge in [0.25, 0.3) is 0 Å². The Morgan fingerprint density at radius 2 is 2.00 bits per heavy atom. The molecule has 3 atom stereocenters. The largest absolute Gasteiger partial charge is 0.341 e. The van der Waals surface area contributed by atoms with Crippen LogP contribution in [0, 0.1) is 23.2 Å². The summed E-state index contributed by atoms with van der Waals surface area (Å²) < 4.78 is 0. The lowest BCUT2D eigenvalue weighted by atomic mass is 9.84. The van der Waals surface area contributed by atoms with Crippen LogP contribution in [-0.4, -0.2) is 23.9 Å². The molecule has 0 heterocycles. The van der Waals surface area contributed by atoms with E-state index in [1.807, 2.05) is 42.3 Å². The lowest BCUT2D eigenvalue weighted by molar-refractivity contribution is -0.136. The molecule has 112 valence electrons. The second kappa shape index (κ2) is 7.26. The van der Waals surface area contributed by atoms with E-state index in [2.05, 4.69) is 13.0 Å². The topological polar surface area (TPSA) is 44.1 Å². The van der Waals surface area contributed by atoms with Gasteiger partial charge in [0, 0.05) is 13.1 Å². The number of nitrogens with zero attached hydrogens (tertiary/aromatic N) is 2. The molecular formula is C18H24N2O. The maximum absolute atomic E-state index is 12.6. The van der Waals surface area contributed by atoms with E-state index in [1.54, 1.807) is 0 Å². The molecule has 0 saturated heterocycles. The van der Waals surface area contributed by atoms with Gasteiger partial charge in [-0.15, -0.1) is 0 Å². The Morgan fingerprint density at radius 1 is 1.33 bits per heavy atom. The van der Waals surface area contributed by atoms with Gasteiger partial charge in [0.2, 0.25) is 5.91 Å². The molecule has 21 heavy (non-hydrogen) atoms. The Hall–Kier alpha value is -1.82. The first-order valence-corrected chi connectivity index (χ1v) is 7.83. The zero-order valence-electron chi connectivity index (χ0n) is 13.0. The summed E-state index contributed by atoms with van der Waals surface area (Å²) in [4.78, 5) is 14.5. The van der Waals surface area contributed by atoms with Gasteiger partial charge in [0.1, 0.15) is 5.92 Å². The molecule has 2 rings (SSSR count). The number of benzene rings is 1. The standard InChI is InChI=1S/C18H24N2O/c1-14-8-6-7-11-17(14)20(2)18(21)16(13-19)12-15-9-4-3-5-10-15/h3-5,9-10,14,16-17H,6-8,11-12H2,1-2H3. The molecule has 3 heteroatoms. The third kappa shape index (κ3) is 3.85. The van der Waals surface area contributed by atoms with Crippen LogP contribution in [0.5, 0.6) is 0 Å². The van der Waals surface area contributed by atoms with Gasteiger partial charge in [-0.2, -0.15) is 5.26 Å². The fraction of sp³-hybridized carbons (Fsp3) is 0.556. The molecule has 1 saturated carbocycles. The first-order valence-electron chi connectivity index (χ1n) is 7.83. The Balaban J connectivity index is 2.04. The molecular weight excluding hydrogens is 260 g/mol. The summed E-state index contributed by atoms with van der Waals surface area (Å²) >= 11 is 0. The quantitative estimate of drug-likeness (QED) is 0.850. The molecule has 3 unspecified atom stereocenters. The van der Waals surface area contributed by atoms with Crippen LogP contribution in [0.4, 0.5) is 0 Å². The zero-order chi connectivity index (χ0) is 15.2. The van der Waals surface area contributed by atoms with E-state index in [-0.39, 0.29) is 11.9 Å². The minimum Gasteiger partial charge on any atom is -0.341 e. The van der Waals surface area contributed by atoms with Crippen molar-refractivity contribution in [1.29, 1.82) is 5.26 Å². The number of amides is 1. The predicted octanol–water partition coefficient (Wildman–Crippen LogP) is 3.41. The van der Waals surface area contributed by atoms with Gasteiger partial charge in [0.05, 0.1) is 6.07 Å². The minimum atomic E-state index is -0.577. The van der Waals surface area contributed by atoms with Crippen LogP contribution in [-0.2, 0) is 11.2 Å². The molecule has 1 aliphatic rings. The van der Waals surface area contributed by atoms with Crippen molar-refractivity contribution in [1.82, 2.24) is 4.90 Å². The molecule has 1 aliphatic carbocycles. The second-order valence-electron chi connectivity index (χ2n) is 6.15. The molecule has 3 nitrogen and oxygen atoms in total. The molecule has 1 aromatic rings. The van der Waals surface area contributed by atoms with Gasteiger partial charge in [-0.25, -0.2) is 0 Å². The summed E-state index contributed by atoms with van der Waals surface area (Å²) in [5, 5.41) is 9.37. The van der Waals surface area contributed by atoms with Crippen molar-refractivity contribution in [3.63, 3.8) is 0 Å². The summed E-state index contributed by atoms with van der Waals surface area (Å²) in [6, 6.07) is 12.3. The molecule has 1 fully saturated rings. The van der Waals surface area contributed by atoms with Crippen molar-refractivity contribution in [3.8, 4) is 6.07 Å². The van der Waals surface area contributed by atoms with Crippen molar-refractivity contribution < 1.29 is 4.79 Å². The lowest BCUT2D eigenvalue weighted by Gasteiger charge is -2.37. The number of carbonyl (C=O) groups is 1. The Kier molecular flexibility index (Phi) is 5.38. The number of carbonyl (C=O) groups excluding carboxylic acids is 1. The summed E-state index contributed by atoms with van der Waals surface area (Å²) in [5.41, 5.74) is 1.04. The summed E-state index contributed by atoms with van der Waals surface area (Å²) in [6.45, 7) is 2.21. The van der Waals surface area contributed by atoms with Crippen molar-refractivity contribution in [2.75, 3.05) is 7.05 Å². The highest BCUT2D eigenvalue weighted by molar-refractivity contribution is 5.81.